The molecule has 2 aliphatic rings. The molecule has 1 aromatic heterocycles. The van der Waals surface area contributed by atoms with Gasteiger partial charge in [-0.15, -0.1) is 0 Å². The summed E-state index contributed by atoms with van der Waals surface area (Å²) in [6.07, 6.45) is 4.64. The number of likely N-dealkylation sites (tertiary alicyclic amines) is 1. The summed E-state index contributed by atoms with van der Waals surface area (Å²) in [4.78, 5) is 23.5. The minimum Gasteiger partial charge on any atom is -0.396 e. The number of aliphatic hydroxyl groups is 1. The van der Waals surface area contributed by atoms with Crippen LogP contribution in [-0.4, -0.2) is 78.2 Å². The molecule has 1 aromatic rings. The van der Waals surface area contributed by atoms with E-state index in [4.69, 9.17) is 0 Å². The molecule has 2 saturated heterocycles. The highest BCUT2D eigenvalue weighted by Crippen LogP contribution is 2.34. The standard InChI is InChI=1S/C19H30N4O2/c1-2-19(16-24)6-9-23(10-7-19)18(25)15-21-11-13-22(14-12-21)17-5-3-4-8-20-17/h3-5,8,24H,2,6-7,9-16H2,1H3. The molecule has 6 nitrogen and oxygen atoms in total. The summed E-state index contributed by atoms with van der Waals surface area (Å²) in [5, 5.41) is 9.62. The molecule has 3 rings (SSSR count). The molecule has 2 fully saturated rings. The Morgan fingerprint density at radius 2 is 1.88 bits per heavy atom. The highest BCUT2D eigenvalue weighted by Gasteiger charge is 2.34. The van der Waals surface area contributed by atoms with Gasteiger partial charge in [0.25, 0.3) is 0 Å². The van der Waals surface area contributed by atoms with Crippen molar-refractivity contribution in [1.82, 2.24) is 14.8 Å². The second kappa shape index (κ2) is 8.15. The van der Waals surface area contributed by atoms with E-state index in [0.29, 0.717) is 6.54 Å². The number of pyridine rings is 1. The Morgan fingerprint density at radius 1 is 1.16 bits per heavy atom. The number of carbonyl (C=O) groups excluding carboxylic acids is 1. The van der Waals surface area contributed by atoms with Crippen LogP contribution >= 0.6 is 0 Å². The Hall–Kier alpha value is -1.66. The molecule has 1 N–H and O–H groups in total. The number of rotatable bonds is 5. The Bertz CT molecular complexity index is 544. The number of amides is 1. The summed E-state index contributed by atoms with van der Waals surface area (Å²) in [6, 6.07) is 5.98. The van der Waals surface area contributed by atoms with Gasteiger partial charge in [0.05, 0.1) is 6.54 Å². The number of aromatic nitrogens is 1. The highest BCUT2D eigenvalue weighted by atomic mass is 16.3. The molecule has 0 atom stereocenters. The molecular weight excluding hydrogens is 316 g/mol. The molecule has 0 saturated carbocycles. The second-order valence-electron chi connectivity index (χ2n) is 7.34. The normalized spacial score (nSPS) is 21.4. The smallest absolute Gasteiger partial charge is 0.236 e. The van der Waals surface area contributed by atoms with Crippen molar-refractivity contribution in [3.8, 4) is 0 Å². The number of piperidine rings is 1. The minimum atomic E-state index is 0.0328. The van der Waals surface area contributed by atoms with Gasteiger partial charge in [0, 0.05) is 52.1 Å². The van der Waals surface area contributed by atoms with Gasteiger partial charge in [-0.25, -0.2) is 4.98 Å². The van der Waals surface area contributed by atoms with Gasteiger partial charge in [0.2, 0.25) is 5.91 Å². The van der Waals surface area contributed by atoms with Crippen molar-refractivity contribution in [3.63, 3.8) is 0 Å². The van der Waals surface area contributed by atoms with Crippen LogP contribution in [0.15, 0.2) is 24.4 Å². The van der Waals surface area contributed by atoms with E-state index in [9.17, 15) is 9.90 Å². The maximum absolute atomic E-state index is 12.6. The van der Waals surface area contributed by atoms with Crippen LogP contribution in [0.25, 0.3) is 0 Å². The highest BCUT2D eigenvalue weighted by molar-refractivity contribution is 5.78. The molecule has 25 heavy (non-hydrogen) atoms. The average molecular weight is 346 g/mol. The van der Waals surface area contributed by atoms with Crippen LogP contribution in [0.4, 0.5) is 5.82 Å². The summed E-state index contributed by atoms with van der Waals surface area (Å²) in [6.45, 7) is 8.05. The van der Waals surface area contributed by atoms with Crippen molar-refractivity contribution < 1.29 is 9.90 Å². The monoisotopic (exact) mass is 346 g/mol. The van der Waals surface area contributed by atoms with Gasteiger partial charge >= 0.3 is 0 Å². The summed E-state index contributed by atoms with van der Waals surface area (Å²) in [5.74, 6) is 1.25. The number of hydrogen-bond donors (Lipinski definition) is 1. The molecular formula is C19H30N4O2. The molecule has 0 aromatic carbocycles. The molecule has 0 radical (unpaired) electrons. The minimum absolute atomic E-state index is 0.0328. The Kier molecular flexibility index (Phi) is 5.91. The zero-order chi connectivity index (χ0) is 17.7. The topological polar surface area (TPSA) is 59.9 Å². The third-order valence-electron chi connectivity index (χ3n) is 5.97. The molecule has 2 aliphatic heterocycles. The summed E-state index contributed by atoms with van der Waals surface area (Å²) in [5.41, 5.74) is 0.0328. The van der Waals surface area contributed by atoms with Crippen molar-refractivity contribution in [2.45, 2.75) is 26.2 Å². The van der Waals surface area contributed by atoms with Crippen LogP contribution < -0.4 is 4.90 Å². The SMILES string of the molecule is CCC1(CO)CCN(C(=O)CN2CCN(c3ccccn3)CC2)CC1. The molecule has 0 bridgehead atoms. The van der Waals surface area contributed by atoms with Gasteiger partial charge in [-0.3, -0.25) is 9.69 Å². The van der Waals surface area contributed by atoms with E-state index in [1.54, 1.807) is 0 Å². The van der Waals surface area contributed by atoms with Crippen LogP contribution in [0, 0.1) is 5.41 Å². The molecule has 1 amide bonds. The van der Waals surface area contributed by atoms with E-state index in [1.807, 2.05) is 29.3 Å². The molecule has 0 aliphatic carbocycles. The maximum atomic E-state index is 12.6. The first-order valence-corrected chi connectivity index (χ1v) is 9.43. The number of aliphatic hydroxyl groups excluding tert-OH is 1. The first-order valence-electron chi connectivity index (χ1n) is 9.43. The van der Waals surface area contributed by atoms with E-state index in [0.717, 1.165) is 64.3 Å². The summed E-state index contributed by atoms with van der Waals surface area (Å²) in [7, 11) is 0. The van der Waals surface area contributed by atoms with Crippen LogP contribution in [-0.2, 0) is 4.79 Å². The number of piperazine rings is 1. The van der Waals surface area contributed by atoms with Crippen molar-refractivity contribution in [2.75, 3.05) is 57.3 Å². The van der Waals surface area contributed by atoms with Crippen LogP contribution in [0.3, 0.4) is 0 Å². The molecule has 138 valence electrons. The maximum Gasteiger partial charge on any atom is 0.236 e. The van der Waals surface area contributed by atoms with Crippen molar-refractivity contribution >= 4 is 11.7 Å². The third-order valence-corrected chi connectivity index (χ3v) is 5.97. The van der Waals surface area contributed by atoms with E-state index in [-0.39, 0.29) is 17.9 Å². The third kappa shape index (κ3) is 4.30. The lowest BCUT2D eigenvalue weighted by molar-refractivity contribution is -0.135. The Morgan fingerprint density at radius 3 is 2.44 bits per heavy atom. The van der Waals surface area contributed by atoms with Gasteiger partial charge in [0.15, 0.2) is 0 Å². The van der Waals surface area contributed by atoms with Gasteiger partial charge in [-0.2, -0.15) is 0 Å². The van der Waals surface area contributed by atoms with Gasteiger partial charge < -0.3 is 14.9 Å². The fraction of sp³-hybridized carbons (Fsp3) is 0.684. The predicted molar refractivity (Wildman–Crippen MR) is 98.5 cm³/mol. The molecule has 3 heterocycles. The van der Waals surface area contributed by atoms with E-state index in [2.05, 4.69) is 21.7 Å². The molecule has 0 spiro atoms. The zero-order valence-electron chi connectivity index (χ0n) is 15.2. The number of hydrogen-bond acceptors (Lipinski definition) is 5. The van der Waals surface area contributed by atoms with Crippen molar-refractivity contribution in [3.05, 3.63) is 24.4 Å². The fourth-order valence-corrected chi connectivity index (χ4v) is 3.82. The lowest BCUT2D eigenvalue weighted by Crippen LogP contribution is -2.52. The Balaban J connectivity index is 1.44. The van der Waals surface area contributed by atoms with Crippen LogP contribution in [0.2, 0.25) is 0 Å². The number of anilines is 1. The second-order valence-corrected chi connectivity index (χ2v) is 7.34. The summed E-state index contributed by atoms with van der Waals surface area (Å²) < 4.78 is 0. The van der Waals surface area contributed by atoms with E-state index in [1.165, 1.54) is 0 Å². The molecule has 6 heteroatoms. The quantitative estimate of drug-likeness (QED) is 0.869. The molecule has 0 unspecified atom stereocenters. The summed E-state index contributed by atoms with van der Waals surface area (Å²) >= 11 is 0. The van der Waals surface area contributed by atoms with Gasteiger partial charge in [-0.05, 0) is 36.8 Å². The van der Waals surface area contributed by atoms with Crippen molar-refractivity contribution in [2.24, 2.45) is 5.41 Å². The van der Waals surface area contributed by atoms with E-state index >= 15 is 0 Å². The average Bonchev–Trinajstić information content (AvgIpc) is 2.69. The number of nitrogens with zero attached hydrogens (tertiary/aromatic N) is 4. The van der Waals surface area contributed by atoms with E-state index < -0.39 is 0 Å². The zero-order valence-corrected chi connectivity index (χ0v) is 15.2. The fourth-order valence-electron chi connectivity index (χ4n) is 3.82. The number of carbonyl (C=O) groups is 1. The first kappa shape index (κ1) is 18.1. The largest absolute Gasteiger partial charge is 0.396 e. The van der Waals surface area contributed by atoms with Crippen molar-refractivity contribution in [1.29, 1.82) is 0 Å². The predicted octanol–water partition coefficient (Wildman–Crippen LogP) is 1.21. The van der Waals surface area contributed by atoms with Crippen LogP contribution in [0.1, 0.15) is 26.2 Å². The van der Waals surface area contributed by atoms with Gasteiger partial charge in [0.1, 0.15) is 5.82 Å². The van der Waals surface area contributed by atoms with Crippen LogP contribution in [0.5, 0.6) is 0 Å². The first-order chi connectivity index (χ1) is 12.2. The lowest BCUT2D eigenvalue weighted by atomic mass is 9.77. The van der Waals surface area contributed by atoms with Gasteiger partial charge in [-0.1, -0.05) is 13.0 Å². The lowest BCUT2D eigenvalue weighted by Gasteiger charge is -2.41. The Labute approximate surface area is 150 Å².